The maximum absolute atomic E-state index is 12.1. The van der Waals surface area contributed by atoms with Crippen molar-refractivity contribution in [1.82, 2.24) is 19.7 Å². The quantitative estimate of drug-likeness (QED) is 0.732. The van der Waals surface area contributed by atoms with Crippen molar-refractivity contribution in [1.29, 1.82) is 0 Å². The summed E-state index contributed by atoms with van der Waals surface area (Å²) >= 11 is 0. The van der Waals surface area contributed by atoms with Crippen LogP contribution in [0.25, 0.3) is 5.69 Å². The first-order chi connectivity index (χ1) is 12.4. The van der Waals surface area contributed by atoms with Crippen molar-refractivity contribution in [2.24, 2.45) is 0 Å². The fraction of sp³-hybridized carbons (Fsp3) is 0.333. The molecular formula is C18H22N6O2. The lowest BCUT2D eigenvalue weighted by Gasteiger charge is -2.08. The van der Waals surface area contributed by atoms with E-state index in [1.165, 1.54) is 0 Å². The average Bonchev–Trinajstić information content (AvgIpc) is 3.22. The van der Waals surface area contributed by atoms with Crippen LogP contribution in [-0.2, 0) is 11.2 Å². The number of benzene rings is 1. The van der Waals surface area contributed by atoms with Gasteiger partial charge < -0.3 is 19.3 Å². The van der Waals surface area contributed by atoms with Crippen molar-refractivity contribution in [3.05, 3.63) is 47.9 Å². The van der Waals surface area contributed by atoms with E-state index in [-0.39, 0.29) is 12.3 Å². The molecule has 0 unspecified atom stereocenters. The Morgan fingerprint density at radius 1 is 1.23 bits per heavy atom. The molecule has 3 aromatic rings. The van der Waals surface area contributed by atoms with Gasteiger partial charge in [-0.05, 0) is 43.3 Å². The monoisotopic (exact) mass is 354 g/mol. The molecule has 0 saturated carbocycles. The second-order valence-corrected chi connectivity index (χ2v) is 6.26. The Morgan fingerprint density at radius 3 is 2.54 bits per heavy atom. The zero-order valence-electron chi connectivity index (χ0n) is 15.4. The Hall–Kier alpha value is -3.16. The maximum Gasteiger partial charge on any atom is 0.265 e. The first-order valence-corrected chi connectivity index (χ1v) is 8.35. The van der Waals surface area contributed by atoms with Gasteiger partial charge in [0.05, 0.1) is 12.0 Å². The molecule has 0 aliphatic carbocycles. The van der Waals surface area contributed by atoms with Crippen molar-refractivity contribution in [2.45, 2.75) is 26.7 Å². The predicted molar refractivity (Wildman–Crippen MR) is 98.6 cm³/mol. The van der Waals surface area contributed by atoms with Crippen LogP contribution in [0.15, 0.2) is 35.1 Å². The van der Waals surface area contributed by atoms with E-state index in [9.17, 15) is 4.79 Å². The van der Waals surface area contributed by atoms with Crippen molar-refractivity contribution in [3.8, 4) is 5.69 Å². The van der Waals surface area contributed by atoms with Crippen LogP contribution in [0.2, 0.25) is 0 Å². The Balaban J connectivity index is 1.56. The van der Waals surface area contributed by atoms with Crippen LogP contribution in [0.5, 0.6) is 0 Å². The molecule has 0 spiro atoms. The van der Waals surface area contributed by atoms with Crippen molar-refractivity contribution >= 4 is 17.5 Å². The minimum absolute atomic E-state index is 0.1000. The fourth-order valence-corrected chi connectivity index (χ4v) is 2.44. The van der Waals surface area contributed by atoms with Crippen LogP contribution in [-0.4, -0.2) is 39.7 Å². The zero-order valence-corrected chi connectivity index (χ0v) is 15.4. The smallest absolute Gasteiger partial charge is 0.265 e. The molecule has 8 heteroatoms. The van der Waals surface area contributed by atoms with E-state index in [4.69, 9.17) is 4.52 Å². The van der Waals surface area contributed by atoms with Gasteiger partial charge in [0.2, 0.25) is 11.8 Å². The molecule has 1 aromatic carbocycles. The molecule has 0 bridgehead atoms. The Bertz CT molecular complexity index is 895. The molecule has 0 aliphatic rings. The number of aromatic nitrogens is 4. The maximum atomic E-state index is 12.1. The van der Waals surface area contributed by atoms with Gasteiger partial charge in [-0.3, -0.25) is 4.79 Å². The summed E-state index contributed by atoms with van der Waals surface area (Å²) in [6.45, 7) is 4.00. The summed E-state index contributed by atoms with van der Waals surface area (Å²) in [5, 5.41) is 6.70. The molecule has 1 amide bonds. The molecule has 0 aliphatic heterocycles. The second-order valence-electron chi connectivity index (χ2n) is 6.26. The van der Waals surface area contributed by atoms with Crippen LogP contribution < -0.4 is 10.2 Å². The molecule has 2 aromatic heterocycles. The largest absolute Gasteiger partial charge is 0.344 e. The number of carbonyl (C=O) groups excluding carboxylic acids is 1. The summed E-state index contributed by atoms with van der Waals surface area (Å²) in [5.41, 5.74) is 3.84. The molecule has 0 atom stereocenters. The Morgan fingerprint density at radius 2 is 1.96 bits per heavy atom. The first kappa shape index (κ1) is 17.7. The average molecular weight is 354 g/mol. The topological polar surface area (TPSA) is 89.1 Å². The number of rotatable bonds is 6. The summed E-state index contributed by atoms with van der Waals surface area (Å²) < 4.78 is 7.13. The van der Waals surface area contributed by atoms with Crippen LogP contribution in [0.1, 0.15) is 23.7 Å². The van der Waals surface area contributed by atoms with Gasteiger partial charge >= 0.3 is 0 Å². The van der Waals surface area contributed by atoms with Gasteiger partial charge in [0.1, 0.15) is 0 Å². The predicted octanol–water partition coefficient (Wildman–Crippen LogP) is 2.51. The van der Waals surface area contributed by atoms with Gasteiger partial charge in [0.25, 0.3) is 5.95 Å². The molecule has 0 fully saturated rings. The minimum Gasteiger partial charge on any atom is -0.344 e. The highest BCUT2D eigenvalue weighted by molar-refractivity contribution is 5.90. The van der Waals surface area contributed by atoms with E-state index in [1.807, 2.05) is 56.8 Å². The van der Waals surface area contributed by atoms with E-state index in [0.29, 0.717) is 18.3 Å². The first-order valence-electron chi connectivity index (χ1n) is 8.35. The highest BCUT2D eigenvalue weighted by Crippen LogP contribution is 2.17. The third-order valence-electron chi connectivity index (χ3n) is 4.10. The number of hydrogen-bond donors (Lipinski definition) is 1. The van der Waals surface area contributed by atoms with Gasteiger partial charge in [-0.25, -0.2) is 4.98 Å². The summed E-state index contributed by atoms with van der Waals surface area (Å²) in [4.78, 5) is 22.4. The number of carbonyl (C=O) groups is 1. The standard InChI is InChI=1S/C18H22N6O2/c1-12-13(2)24(11-19-12)15-7-5-14(6-8-15)20-16(25)9-10-17-21-18(22-26-17)23(3)4/h5-8,11H,9-10H2,1-4H3,(H,20,25). The Labute approximate surface area is 151 Å². The number of nitrogens with one attached hydrogen (secondary N) is 1. The number of amides is 1. The fourth-order valence-electron chi connectivity index (χ4n) is 2.44. The summed E-state index contributed by atoms with van der Waals surface area (Å²) in [6.07, 6.45) is 2.47. The highest BCUT2D eigenvalue weighted by Gasteiger charge is 2.11. The summed E-state index contributed by atoms with van der Waals surface area (Å²) in [6, 6.07) is 7.65. The van der Waals surface area contributed by atoms with Crippen molar-refractivity contribution in [3.63, 3.8) is 0 Å². The van der Waals surface area contributed by atoms with E-state index >= 15 is 0 Å². The molecule has 136 valence electrons. The van der Waals surface area contributed by atoms with Gasteiger partial charge in [0, 0.05) is 44.0 Å². The number of aryl methyl sites for hydroxylation is 2. The molecular weight excluding hydrogens is 332 g/mol. The minimum atomic E-state index is -0.1000. The highest BCUT2D eigenvalue weighted by atomic mass is 16.5. The zero-order chi connectivity index (χ0) is 18.7. The van der Waals surface area contributed by atoms with Crippen LogP contribution in [0.4, 0.5) is 11.6 Å². The van der Waals surface area contributed by atoms with E-state index in [2.05, 4.69) is 20.4 Å². The lowest BCUT2D eigenvalue weighted by atomic mass is 10.2. The Kier molecular flexibility index (Phi) is 5.01. The van der Waals surface area contributed by atoms with E-state index < -0.39 is 0 Å². The molecule has 1 N–H and O–H groups in total. The van der Waals surface area contributed by atoms with E-state index in [1.54, 1.807) is 11.2 Å². The summed E-state index contributed by atoms with van der Waals surface area (Å²) in [5.74, 6) is 0.850. The van der Waals surface area contributed by atoms with Crippen LogP contribution in [0.3, 0.4) is 0 Å². The molecule has 2 heterocycles. The molecule has 0 saturated heterocycles. The molecule has 3 rings (SSSR count). The normalized spacial score (nSPS) is 10.8. The third-order valence-corrected chi connectivity index (χ3v) is 4.10. The number of nitrogens with zero attached hydrogens (tertiary/aromatic N) is 5. The molecule has 0 radical (unpaired) electrons. The molecule has 26 heavy (non-hydrogen) atoms. The van der Waals surface area contributed by atoms with Crippen molar-refractivity contribution in [2.75, 3.05) is 24.3 Å². The van der Waals surface area contributed by atoms with Crippen molar-refractivity contribution < 1.29 is 9.32 Å². The van der Waals surface area contributed by atoms with Gasteiger partial charge in [-0.2, -0.15) is 4.98 Å². The van der Waals surface area contributed by atoms with Crippen LogP contribution in [0, 0.1) is 13.8 Å². The number of imidazole rings is 1. The third kappa shape index (κ3) is 3.90. The SMILES string of the molecule is Cc1ncn(-c2ccc(NC(=O)CCc3nc(N(C)C)no3)cc2)c1C. The lowest BCUT2D eigenvalue weighted by Crippen LogP contribution is -2.13. The number of hydrogen-bond acceptors (Lipinski definition) is 6. The lowest BCUT2D eigenvalue weighted by molar-refractivity contribution is -0.116. The second kappa shape index (κ2) is 7.38. The van der Waals surface area contributed by atoms with E-state index in [0.717, 1.165) is 22.8 Å². The molecule has 8 nitrogen and oxygen atoms in total. The van der Waals surface area contributed by atoms with Gasteiger partial charge in [-0.15, -0.1) is 0 Å². The van der Waals surface area contributed by atoms with Gasteiger partial charge in [0.15, 0.2) is 0 Å². The van der Waals surface area contributed by atoms with Gasteiger partial charge in [-0.1, -0.05) is 0 Å². The number of anilines is 2. The summed E-state index contributed by atoms with van der Waals surface area (Å²) in [7, 11) is 3.66. The van der Waals surface area contributed by atoms with Crippen LogP contribution >= 0.6 is 0 Å².